The molecule has 2 atom stereocenters. The van der Waals surface area contributed by atoms with Gasteiger partial charge in [0, 0.05) is 25.7 Å². The lowest BCUT2D eigenvalue weighted by atomic mass is 9.95. The summed E-state index contributed by atoms with van der Waals surface area (Å²) in [7, 11) is 1.78. The summed E-state index contributed by atoms with van der Waals surface area (Å²) in [6, 6.07) is -0.366. The van der Waals surface area contributed by atoms with Crippen LogP contribution in [0.5, 0.6) is 0 Å². The number of aromatic nitrogens is 2. The van der Waals surface area contributed by atoms with Gasteiger partial charge in [0.2, 0.25) is 11.8 Å². The largest absolute Gasteiger partial charge is 0.344 e. The van der Waals surface area contributed by atoms with Gasteiger partial charge in [-0.2, -0.15) is 5.10 Å². The van der Waals surface area contributed by atoms with E-state index in [2.05, 4.69) is 15.5 Å². The van der Waals surface area contributed by atoms with Crippen LogP contribution in [0, 0.1) is 13.8 Å². The third-order valence-electron chi connectivity index (χ3n) is 4.17. The predicted molar refractivity (Wildman–Crippen MR) is 79.9 cm³/mol. The third-order valence-corrected chi connectivity index (χ3v) is 4.17. The molecule has 0 unspecified atom stereocenters. The Labute approximate surface area is 125 Å². The smallest absolute Gasteiger partial charge is 0.244 e. The number of hydrogen-bond donors (Lipinski definition) is 2. The lowest BCUT2D eigenvalue weighted by molar-refractivity contribution is -0.137. The molecule has 0 bridgehead atoms. The Morgan fingerprint density at radius 2 is 2.24 bits per heavy atom. The highest BCUT2D eigenvalue weighted by Crippen LogP contribution is 2.24. The summed E-state index contributed by atoms with van der Waals surface area (Å²) in [5.41, 5.74) is 3.03. The van der Waals surface area contributed by atoms with Gasteiger partial charge >= 0.3 is 0 Å². The highest BCUT2D eigenvalue weighted by Gasteiger charge is 2.28. The van der Waals surface area contributed by atoms with Crippen molar-refractivity contribution in [2.45, 2.75) is 52.0 Å². The lowest BCUT2D eigenvalue weighted by Gasteiger charge is -2.29. The zero-order valence-electron chi connectivity index (χ0n) is 13.2. The first-order valence-electron chi connectivity index (χ1n) is 7.46. The van der Waals surface area contributed by atoms with E-state index in [1.165, 1.54) is 0 Å². The summed E-state index contributed by atoms with van der Waals surface area (Å²) in [6.45, 7) is 6.69. The number of aromatic amines is 1. The zero-order chi connectivity index (χ0) is 15.6. The Bertz CT molecular complexity index is 518. The molecule has 6 heteroatoms. The summed E-state index contributed by atoms with van der Waals surface area (Å²) in [4.78, 5) is 25.8. The molecule has 116 valence electrons. The number of carbonyl (C=O) groups excluding carboxylic acids is 2. The summed E-state index contributed by atoms with van der Waals surface area (Å²) in [6.07, 6.45) is 2.03. The molecule has 2 heterocycles. The lowest BCUT2D eigenvalue weighted by Crippen LogP contribution is -2.50. The van der Waals surface area contributed by atoms with Crippen molar-refractivity contribution >= 4 is 11.8 Å². The molecule has 1 aromatic rings. The standard InChI is InChI=1S/C15H24N4O2/c1-9(14-10(2)17-18-11(14)3)8-13(20)16-12-6-5-7-19(4)15(12)21/h9,12H,5-8H2,1-4H3,(H,16,20)(H,17,18)/t9-,12+/m0/s1. The molecule has 0 aromatic carbocycles. The first-order chi connectivity index (χ1) is 9.90. The van der Waals surface area contributed by atoms with Crippen molar-refractivity contribution in [1.82, 2.24) is 20.4 Å². The maximum atomic E-state index is 12.2. The van der Waals surface area contributed by atoms with Gasteiger partial charge in [-0.15, -0.1) is 0 Å². The van der Waals surface area contributed by atoms with Crippen molar-refractivity contribution in [3.05, 3.63) is 17.0 Å². The first-order valence-corrected chi connectivity index (χ1v) is 7.46. The summed E-state index contributed by atoms with van der Waals surface area (Å²) in [5, 5.41) is 9.98. The molecule has 2 rings (SSSR count). The Balaban J connectivity index is 1.94. The van der Waals surface area contributed by atoms with Crippen LogP contribution in [0.25, 0.3) is 0 Å². The maximum absolute atomic E-state index is 12.2. The molecule has 1 aliphatic heterocycles. The number of likely N-dealkylation sites (tertiary alicyclic amines) is 1. The van der Waals surface area contributed by atoms with Gasteiger partial charge in [0.05, 0.1) is 5.69 Å². The second-order valence-corrected chi connectivity index (χ2v) is 5.97. The Kier molecular flexibility index (Phi) is 4.65. The van der Waals surface area contributed by atoms with Gasteiger partial charge < -0.3 is 10.2 Å². The summed E-state index contributed by atoms with van der Waals surface area (Å²) < 4.78 is 0. The quantitative estimate of drug-likeness (QED) is 0.877. The number of H-pyrrole nitrogens is 1. The normalized spacial score (nSPS) is 20.5. The number of carbonyl (C=O) groups is 2. The minimum Gasteiger partial charge on any atom is -0.344 e. The van der Waals surface area contributed by atoms with Crippen molar-refractivity contribution in [3.8, 4) is 0 Å². The molecule has 1 aliphatic rings. The summed E-state index contributed by atoms with van der Waals surface area (Å²) in [5.74, 6) is 0.0225. The molecule has 21 heavy (non-hydrogen) atoms. The number of rotatable bonds is 4. The fourth-order valence-electron chi connectivity index (χ4n) is 3.09. The monoisotopic (exact) mass is 292 g/mol. The SMILES string of the molecule is Cc1n[nH]c(C)c1[C@@H](C)CC(=O)N[C@@H]1CCCN(C)C1=O. The average molecular weight is 292 g/mol. The van der Waals surface area contributed by atoms with Crippen molar-refractivity contribution in [2.75, 3.05) is 13.6 Å². The van der Waals surface area contributed by atoms with Gasteiger partial charge in [-0.25, -0.2) is 0 Å². The van der Waals surface area contributed by atoms with Crippen LogP contribution in [-0.4, -0.2) is 46.5 Å². The molecule has 2 amide bonds. The number of hydrogen-bond acceptors (Lipinski definition) is 3. The molecule has 0 spiro atoms. The van der Waals surface area contributed by atoms with Crippen molar-refractivity contribution in [3.63, 3.8) is 0 Å². The molecular weight excluding hydrogens is 268 g/mol. The zero-order valence-corrected chi connectivity index (χ0v) is 13.2. The van der Waals surface area contributed by atoms with E-state index in [0.717, 1.165) is 36.3 Å². The number of piperidine rings is 1. The molecule has 2 N–H and O–H groups in total. The van der Waals surface area contributed by atoms with Crippen molar-refractivity contribution < 1.29 is 9.59 Å². The fourth-order valence-corrected chi connectivity index (χ4v) is 3.09. The Morgan fingerprint density at radius 3 is 2.86 bits per heavy atom. The second-order valence-electron chi connectivity index (χ2n) is 5.97. The first kappa shape index (κ1) is 15.5. The van der Waals surface area contributed by atoms with Gasteiger partial charge in [0.1, 0.15) is 6.04 Å². The van der Waals surface area contributed by atoms with Gasteiger partial charge in [0.15, 0.2) is 0 Å². The second kappa shape index (κ2) is 6.28. The van der Waals surface area contributed by atoms with Gasteiger partial charge in [-0.3, -0.25) is 14.7 Å². The van der Waals surface area contributed by atoms with E-state index < -0.39 is 0 Å². The van der Waals surface area contributed by atoms with E-state index >= 15 is 0 Å². The van der Waals surface area contributed by atoms with Crippen LogP contribution in [0.1, 0.15) is 49.1 Å². The topological polar surface area (TPSA) is 78.1 Å². The van der Waals surface area contributed by atoms with Crippen LogP contribution in [0.3, 0.4) is 0 Å². The number of aryl methyl sites for hydroxylation is 2. The van der Waals surface area contributed by atoms with Crippen LogP contribution in [0.15, 0.2) is 0 Å². The number of nitrogens with one attached hydrogen (secondary N) is 2. The molecule has 1 saturated heterocycles. The van der Waals surface area contributed by atoms with E-state index in [1.54, 1.807) is 11.9 Å². The number of amides is 2. The molecule has 0 aliphatic carbocycles. The van der Waals surface area contributed by atoms with Crippen LogP contribution in [0.4, 0.5) is 0 Å². The van der Waals surface area contributed by atoms with E-state index in [9.17, 15) is 9.59 Å². The van der Waals surface area contributed by atoms with Gasteiger partial charge in [-0.05, 0) is 38.2 Å². The third kappa shape index (κ3) is 3.43. The maximum Gasteiger partial charge on any atom is 0.244 e. The highest BCUT2D eigenvalue weighted by molar-refractivity contribution is 5.88. The molecular formula is C15H24N4O2. The molecule has 6 nitrogen and oxygen atoms in total. The van der Waals surface area contributed by atoms with Gasteiger partial charge in [-0.1, -0.05) is 6.92 Å². The number of likely N-dealkylation sites (N-methyl/N-ethyl adjacent to an activating group) is 1. The molecule has 1 aromatic heterocycles. The predicted octanol–water partition coefficient (Wildman–Crippen LogP) is 1.26. The van der Waals surface area contributed by atoms with E-state index in [0.29, 0.717) is 6.42 Å². The minimum absolute atomic E-state index is 0.0120. The summed E-state index contributed by atoms with van der Waals surface area (Å²) >= 11 is 0. The van der Waals surface area contributed by atoms with Crippen LogP contribution < -0.4 is 5.32 Å². The number of nitrogens with zero attached hydrogens (tertiary/aromatic N) is 2. The average Bonchev–Trinajstić information content (AvgIpc) is 2.74. The van der Waals surface area contributed by atoms with E-state index in [1.807, 2.05) is 20.8 Å². The van der Waals surface area contributed by atoms with E-state index in [-0.39, 0.29) is 23.8 Å². The van der Waals surface area contributed by atoms with Crippen molar-refractivity contribution in [2.24, 2.45) is 0 Å². The molecule has 0 saturated carbocycles. The molecule has 1 fully saturated rings. The van der Waals surface area contributed by atoms with E-state index in [4.69, 9.17) is 0 Å². The van der Waals surface area contributed by atoms with Crippen LogP contribution in [0.2, 0.25) is 0 Å². The Morgan fingerprint density at radius 1 is 1.52 bits per heavy atom. The highest BCUT2D eigenvalue weighted by atomic mass is 16.2. The minimum atomic E-state index is -0.366. The van der Waals surface area contributed by atoms with Crippen LogP contribution >= 0.6 is 0 Å². The van der Waals surface area contributed by atoms with Crippen molar-refractivity contribution in [1.29, 1.82) is 0 Å². The fraction of sp³-hybridized carbons (Fsp3) is 0.667. The van der Waals surface area contributed by atoms with Gasteiger partial charge in [0.25, 0.3) is 0 Å². The van der Waals surface area contributed by atoms with Crippen LogP contribution in [-0.2, 0) is 9.59 Å². The Hall–Kier alpha value is -1.85. The molecule has 0 radical (unpaired) electrons.